The third-order valence-electron chi connectivity index (χ3n) is 2.54. The second-order valence-electron chi connectivity index (χ2n) is 4.23. The van der Waals surface area contributed by atoms with E-state index >= 15 is 0 Å². The fourth-order valence-corrected chi connectivity index (χ4v) is 1.61. The molecule has 1 aromatic carbocycles. The first-order chi connectivity index (χ1) is 7.99. The molecule has 4 heteroatoms. The molecule has 2 atom stereocenters. The average Bonchev–Trinajstić information content (AvgIpc) is 2.27. The Labute approximate surface area is 107 Å². The first kappa shape index (κ1) is 14.0. The van der Waals surface area contributed by atoms with Crippen LogP contribution in [0.2, 0.25) is 5.02 Å². The number of benzene rings is 1. The highest BCUT2D eigenvalue weighted by Crippen LogP contribution is 2.16. The maximum absolute atomic E-state index is 11.5. The third kappa shape index (κ3) is 5.20. The molecule has 0 saturated carbocycles. The van der Waals surface area contributed by atoms with Crippen LogP contribution in [0.4, 0.5) is 0 Å². The molecule has 0 saturated heterocycles. The summed E-state index contributed by atoms with van der Waals surface area (Å²) in [6.45, 7) is 3.60. The zero-order chi connectivity index (χ0) is 12.8. The minimum atomic E-state index is -0.438. The van der Waals surface area contributed by atoms with Crippen molar-refractivity contribution >= 4 is 17.5 Å². The summed E-state index contributed by atoms with van der Waals surface area (Å²) >= 11 is 5.79. The number of carbonyl (C=O) groups is 1. The summed E-state index contributed by atoms with van der Waals surface area (Å²) in [6.07, 6.45) is 0.390. The maximum atomic E-state index is 11.5. The van der Waals surface area contributed by atoms with Gasteiger partial charge in [-0.1, -0.05) is 23.7 Å². The van der Waals surface area contributed by atoms with E-state index in [4.69, 9.17) is 16.7 Å². The van der Waals surface area contributed by atoms with Crippen LogP contribution in [-0.4, -0.2) is 17.1 Å². The number of aliphatic hydroxyl groups excluding tert-OH is 1. The highest BCUT2D eigenvalue weighted by atomic mass is 35.5. The van der Waals surface area contributed by atoms with Gasteiger partial charge in [-0.25, -0.2) is 0 Å². The molecule has 0 fully saturated rings. The molecule has 94 valence electrons. The average molecular weight is 256 g/mol. The molecule has 0 spiro atoms. The first-order valence-corrected chi connectivity index (χ1v) is 6.09. The van der Waals surface area contributed by atoms with E-state index in [2.05, 4.69) is 5.32 Å². The van der Waals surface area contributed by atoms with Crippen molar-refractivity contribution in [2.24, 2.45) is 0 Å². The Hall–Kier alpha value is -1.06. The Morgan fingerprint density at radius 1 is 1.35 bits per heavy atom. The number of nitrogens with one attached hydrogen (secondary N) is 1. The van der Waals surface area contributed by atoms with Crippen molar-refractivity contribution < 1.29 is 9.90 Å². The number of rotatable bonds is 5. The molecule has 0 aliphatic heterocycles. The van der Waals surface area contributed by atoms with E-state index in [0.717, 1.165) is 5.56 Å². The van der Waals surface area contributed by atoms with Crippen LogP contribution in [0.5, 0.6) is 0 Å². The van der Waals surface area contributed by atoms with Crippen molar-refractivity contribution in [1.82, 2.24) is 5.32 Å². The predicted octanol–water partition coefficient (Wildman–Crippen LogP) is 2.68. The largest absolute Gasteiger partial charge is 0.393 e. The van der Waals surface area contributed by atoms with Crippen LogP contribution >= 0.6 is 11.6 Å². The molecule has 1 rings (SSSR count). The van der Waals surface area contributed by atoms with Gasteiger partial charge in [0.1, 0.15) is 0 Å². The van der Waals surface area contributed by atoms with Crippen molar-refractivity contribution in [2.75, 3.05) is 0 Å². The van der Waals surface area contributed by atoms with E-state index in [0.29, 0.717) is 17.9 Å². The van der Waals surface area contributed by atoms with Gasteiger partial charge in [0, 0.05) is 11.4 Å². The Bertz CT molecular complexity index is 362. The van der Waals surface area contributed by atoms with Gasteiger partial charge in [-0.3, -0.25) is 4.79 Å². The van der Waals surface area contributed by atoms with Crippen molar-refractivity contribution in [1.29, 1.82) is 0 Å². The van der Waals surface area contributed by atoms with Crippen LogP contribution in [0, 0.1) is 0 Å². The minimum absolute atomic E-state index is 0.0474. The summed E-state index contributed by atoms with van der Waals surface area (Å²) < 4.78 is 0. The van der Waals surface area contributed by atoms with E-state index in [1.807, 2.05) is 19.1 Å². The molecule has 3 nitrogen and oxygen atoms in total. The molecule has 0 aliphatic carbocycles. The lowest BCUT2D eigenvalue weighted by molar-refractivity contribution is -0.122. The van der Waals surface area contributed by atoms with Crippen molar-refractivity contribution in [3.05, 3.63) is 34.9 Å². The van der Waals surface area contributed by atoms with Crippen molar-refractivity contribution in [3.8, 4) is 0 Å². The summed E-state index contributed by atoms with van der Waals surface area (Å²) in [6, 6.07) is 7.34. The van der Waals surface area contributed by atoms with Crippen LogP contribution < -0.4 is 5.32 Å². The molecule has 2 N–H and O–H groups in total. The minimum Gasteiger partial charge on any atom is -0.393 e. The van der Waals surface area contributed by atoms with Crippen molar-refractivity contribution in [3.63, 3.8) is 0 Å². The van der Waals surface area contributed by atoms with Gasteiger partial charge in [-0.05, 0) is 38.0 Å². The molecular weight excluding hydrogens is 238 g/mol. The Morgan fingerprint density at radius 2 is 1.94 bits per heavy atom. The molecule has 0 bridgehead atoms. The first-order valence-electron chi connectivity index (χ1n) is 5.72. The predicted molar refractivity (Wildman–Crippen MR) is 68.9 cm³/mol. The number of hydrogen-bond donors (Lipinski definition) is 2. The van der Waals surface area contributed by atoms with Gasteiger partial charge in [0.15, 0.2) is 0 Å². The lowest BCUT2D eigenvalue weighted by atomic mass is 10.1. The van der Waals surface area contributed by atoms with Gasteiger partial charge in [0.25, 0.3) is 0 Å². The lowest BCUT2D eigenvalue weighted by Gasteiger charge is -2.14. The zero-order valence-corrected chi connectivity index (χ0v) is 10.9. The van der Waals surface area contributed by atoms with Crippen molar-refractivity contribution in [2.45, 2.75) is 38.8 Å². The van der Waals surface area contributed by atoms with E-state index in [1.165, 1.54) is 0 Å². The quantitative estimate of drug-likeness (QED) is 0.850. The number of amides is 1. The Morgan fingerprint density at radius 3 is 2.47 bits per heavy atom. The summed E-state index contributed by atoms with van der Waals surface area (Å²) in [5.41, 5.74) is 1.01. The number of aliphatic hydroxyl groups is 1. The van der Waals surface area contributed by atoms with Crippen LogP contribution in [0.3, 0.4) is 0 Å². The molecule has 0 heterocycles. The highest BCUT2D eigenvalue weighted by molar-refractivity contribution is 6.30. The van der Waals surface area contributed by atoms with Crippen LogP contribution in [0.1, 0.15) is 38.3 Å². The summed E-state index contributed by atoms with van der Waals surface area (Å²) in [5.74, 6) is -0.0478. The van der Waals surface area contributed by atoms with E-state index in [1.54, 1.807) is 19.1 Å². The third-order valence-corrected chi connectivity index (χ3v) is 2.79. The maximum Gasteiger partial charge on any atom is 0.220 e. The Kier molecular flexibility index (Phi) is 5.45. The molecule has 17 heavy (non-hydrogen) atoms. The molecule has 0 radical (unpaired) electrons. The van der Waals surface area contributed by atoms with Crippen LogP contribution in [-0.2, 0) is 4.79 Å². The number of hydrogen-bond acceptors (Lipinski definition) is 2. The van der Waals surface area contributed by atoms with Gasteiger partial charge in [0.05, 0.1) is 12.1 Å². The normalized spacial score (nSPS) is 14.1. The summed E-state index contributed by atoms with van der Waals surface area (Å²) in [7, 11) is 0. The van der Waals surface area contributed by atoms with E-state index < -0.39 is 6.10 Å². The second kappa shape index (κ2) is 6.62. The van der Waals surface area contributed by atoms with Gasteiger partial charge in [0.2, 0.25) is 5.91 Å². The van der Waals surface area contributed by atoms with E-state index in [-0.39, 0.29) is 11.9 Å². The topological polar surface area (TPSA) is 49.3 Å². The standard InChI is InChI=1S/C13H18ClNO2/c1-9(16)3-8-13(17)15-10(2)11-4-6-12(14)7-5-11/h4-7,9-10,16H,3,8H2,1-2H3,(H,15,17). The molecular formula is C13H18ClNO2. The van der Waals surface area contributed by atoms with Gasteiger partial charge >= 0.3 is 0 Å². The lowest BCUT2D eigenvalue weighted by Crippen LogP contribution is -2.27. The molecule has 1 aromatic rings. The van der Waals surface area contributed by atoms with Gasteiger partial charge in [-0.15, -0.1) is 0 Å². The zero-order valence-electron chi connectivity index (χ0n) is 10.1. The molecule has 0 aliphatic rings. The monoisotopic (exact) mass is 255 g/mol. The summed E-state index contributed by atoms with van der Waals surface area (Å²) in [5, 5.41) is 12.6. The fourth-order valence-electron chi connectivity index (χ4n) is 1.49. The highest BCUT2D eigenvalue weighted by Gasteiger charge is 2.10. The smallest absolute Gasteiger partial charge is 0.220 e. The SMILES string of the molecule is CC(O)CCC(=O)NC(C)c1ccc(Cl)cc1. The summed E-state index contributed by atoms with van der Waals surface area (Å²) in [4.78, 5) is 11.5. The van der Waals surface area contributed by atoms with Crippen LogP contribution in [0.25, 0.3) is 0 Å². The van der Waals surface area contributed by atoms with Gasteiger partial charge < -0.3 is 10.4 Å². The number of carbonyl (C=O) groups excluding carboxylic acids is 1. The Balaban J connectivity index is 2.46. The van der Waals surface area contributed by atoms with E-state index in [9.17, 15) is 4.79 Å². The molecule has 2 unspecified atom stereocenters. The fraction of sp³-hybridized carbons (Fsp3) is 0.462. The second-order valence-corrected chi connectivity index (χ2v) is 4.66. The van der Waals surface area contributed by atoms with Gasteiger partial charge in [-0.2, -0.15) is 0 Å². The molecule has 1 amide bonds. The number of halogens is 1. The molecule has 0 aromatic heterocycles. The van der Waals surface area contributed by atoms with Crippen LogP contribution in [0.15, 0.2) is 24.3 Å².